The summed E-state index contributed by atoms with van der Waals surface area (Å²) in [6.07, 6.45) is 0. The average molecular weight is 981 g/mol. The molecule has 0 aliphatic rings. The summed E-state index contributed by atoms with van der Waals surface area (Å²) in [4.78, 5) is 5.66. The van der Waals surface area contributed by atoms with E-state index in [0.29, 0.717) is 12.1 Å². The van der Waals surface area contributed by atoms with Gasteiger partial charge in [-0.1, -0.05) is 18.2 Å². The molecule has 0 fully saturated rings. The number of hydrogen-bond acceptors (Lipinski definition) is 20. The van der Waals surface area contributed by atoms with Gasteiger partial charge in [0.15, 0.2) is 5.75 Å². The Hall–Kier alpha value is -5.64. The number of rotatable bonds is 11. The number of azo groups is 2. The van der Waals surface area contributed by atoms with Gasteiger partial charge < -0.3 is 16.2 Å². The molecule has 6 aromatic rings. The second-order valence-electron chi connectivity index (χ2n) is 11.9. The van der Waals surface area contributed by atoms with Crippen molar-refractivity contribution < 1.29 is 70.0 Å². The van der Waals surface area contributed by atoms with E-state index in [-0.39, 0.29) is 22.2 Å². The topological polar surface area (TPSA) is 418 Å². The maximum absolute atomic E-state index is 12.6. The molecule has 9 N–H and O–H groups in total. The molecule has 0 saturated heterocycles. The summed E-state index contributed by atoms with van der Waals surface area (Å²) in [7, 11) is -26.4. The van der Waals surface area contributed by atoms with Crippen molar-refractivity contribution in [1.82, 2.24) is 15.0 Å². The van der Waals surface area contributed by atoms with Gasteiger partial charge in [0.05, 0.1) is 11.1 Å². The predicted molar refractivity (Wildman–Crippen MR) is 211 cm³/mol. The molecule has 0 radical (unpaired) electrons. The Balaban J connectivity index is 1.59. The molecule has 0 atom stereocenters. The van der Waals surface area contributed by atoms with Crippen LogP contribution in [-0.4, -0.2) is 84.9 Å². The van der Waals surface area contributed by atoms with Crippen LogP contribution in [0.5, 0.6) is 5.75 Å². The number of phenolic OH excluding ortho intramolecular Hbond substituents is 1. The smallest absolute Gasteiger partial charge is 0.297 e. The first kappa shape index (κ1) is 44.9. The molecule has 0 bridgehead atoms. The van der Waals surface area contributed by atoms with Gasteiger partial charge in [-0.3, -0.25) is 22.8 Å². The third kappa shape index (κ3) is 9.33. The van der Waals surface area contributed by atoms with Gasteiger partial charge in [-0.05, 0) is 71.1 Å². The number of phenols is 1. The van der Waals surface area contributed by atoms with Gasteiger partial charge in [0.2, 0.25) is 16.5 Å². The van der Waals surface area contributed by atoms with Crippen LogP contribution < -0.4 is 11.1 Å². The number of anilines is 3. The minimum atomic E-state index is -5.48. The summed E-state index contributed by atoms with van der Waals surface area (Å²) in [5.41, 5.74) is 1.30. The van der Waals surface area contributed by atoms with Crippen LogP contribution in [0, 0.1) is 0 Å². The Morgan fingerprint density at radius 2 is 1.10 bits per heavy atom. The van der Waals surface area contributed by atoms with Crippen LogP contribution in [-0.2, 0) is 50.6 Å². The first-order chi connectivity index (χ1) is 28.1. The highest BCUT2D eigenvalue weighted by Gasteiger charge is 2.29. The van der Waals surface area contributed by atoms with Crippen LogP contribution in [0.25, 0.3) is 21.5 Å². The number of aromatic nitrogens is 3. The Kier molecular flexibility index (Phi) is 11.5. The molecule has 5 aromatic carbocycles. The zero-order valence-corrected chi connectivity index (χ0v) is 34.6. The van der Waals surface area contributed by atoms with Crippen molar-refractivity contribution in [2.45, 2.75) is 24.5 Å². The minimum Gasteiger partial charge on any atom is -0.505 e. The fourth-order valence-corrected chi connectivity index (χ4v) is 9.41. The van der Waals surface area contributed by atoms with E-state index in [0.717, 1.165) is 48.5 Å². The van der Waals surface area contributed by atoms with Crippen molar-refractivity contribution in [1.29, 1.82) is 0 Å². The van der Waals surface area contributed by atoms with E-state index >= 15 is 0 Å². The fourth-order valence-electron chi connectivity index (χ4n) is 5.58. The number of nitrogens with one attached hydrogen (secondary N) is 1. The Labute approximate surface area is 351 Å². The summed E-state index contributed by atoms with van der Waals surface area (Å²) >= 11 is 11.5. The molecular formula is C29H19Cl2N9O16S5. The molecule has 0 aliphatic heterocycles. The molecule has 32 heteroatoms. The maximum atomic E-state index is 12.6. The number of halogens is 2. The molecule has 0 unspecified atom stereocenters. The molecular weight excluding hydrogens is 962 g/mol. The Morgan fingerprint density at radius 1 is 0.557 bits per heavy atom. The van der Waals surface area contributed by atoms with Gasteiger partial charge in [-0.25, -0.2) is 0 Å². The van der Waals surface area contributed by atoms with Crippen molar-refractivity contribution in [2.24, 2.45) is 20.5 Å². The third-order valence-corrected chi connectivity index (χ3v) is 12.8. The highest BCUT2D eigenvalue weighted by atomic mass is 35.5. The maximum Gasteiger partial charge on any atom is 0.297 e. The van der Waals surface area contributed by atoms with E-state index in [1.165, 1.54) is 0 Å². The average Bonchev–Trinajstić information content (AvgIpc) is 3.10. The summed E-state index contributed by atoms with van der Waals surface area (Å²) < 4.78 is 174. The molecule has 0 amide bonds. The summed E-state index contributed by atoms with van der Waals surface area (Å²) in [5, 5.41) is 25.4. The Bertz CT molecular complexity index is 3520. The number of fused-ring (bicyclic) bond motifs is 2. The predicted octanol–water partition coefficient (Wildman–Crippen LogP) is 5.58. The van der Waals surface area contributed by atoms with Crippen molar-refractivity contribution in [3.63, 3.8) is 0 Å². The summed E-state index contributed by atoms with van der Waals surface area (Å²) in [6, 6.07) is 8.37. The zero-order chi connectivity index (χ0) is 45.2. The minimum absolute atomic E-state index is 0.0863. The van der Waals surface area contributed by atoms with Crippen molar-refractivity contribution >= 4 is 135 Å². The molecule has 320 valence electrons. The van der Waals surface area contributed by atoms with Crippen molar-refractivity contribution in [3.8, 4) is 5.75 Å². The van der Waals surface area contributed by atoms with Gasteiger partial charge in [0, 0.05) is 16.5 Å². The van der Waals surface area contributed by atoms with Crippen LogP contribution in [0.1, 0.15) is 0 Å². The number of nitrogens with two attached hydrogens (primary N) is 1. The monoisotopic (exact) mass is 979 g/mol. The first-order valence-corrected chi connectivity index (χ1v) is 23.4. The van der Waals surface area contributed by atoms with E-state index in [1.54, 1.807) is 0 Å². The highest BCUT2D eigenvalue weighted by molar-refractivity contribution is 7.87. The van der Waals surface area contributed by atoms with Crippen molar-refractivity contribution in [3.05, 3.63) is 71.2 Å². The van der Waals surface area contributed by atoms with Crippen LogP contribution in [0.15, 0.2) is 106 Å². The van der Waals surface area contributed by atoms with E-state index < -0.39 is 131 Å². The molecule has 1 heterocycles. The van der Waals surface area contributed by atoms with Crippen LogP contribution in [0.2, 0.25) is 10.6 Å². The van der Waals surface area contributed by atoms with Crippen LogP contribution >= 0.6 is 23.2 Å². The lowest BCUT2D eigenvalue weighted by molar-refractivity contribution is 0.472. The zero-order valence-electron chi connectivity index (χ0n) is 29.0. The quantitative estimate of drug-likeness (QED) is 0.0446. The number of hydrogen-bond donors (Lipinski definition) is 8. The second-order valence-corrected chi connectivity index (χ2v) is 19.4. The SMILES string of the molecule is Nc1c(N=Nc2ccc3c(S(=O)(=O)O)cccc3c2S(=O)(=O)O)c(S(=O)(=O)O)cc2cc(S(=O)(=O)O)c(N=Nc3cc(Nc4nc(Cl)nc(Cl)n4)ccc3S(=O)(=O)O)c(O)c12. The molecule has 0 spiro atoms. The molecule has 0 saturated carbocycles. The highest BCUT2D eigenvalue weighted by Crippen LogP contribution is 2.49. The molecule has 61 heavy (non-hydrogen) atoms. The normalized spacial score (nSPS) is 13.2. The number of nitrogens with zero attached hydrogens (tertiary/aromatic N) is 7. The lowest BCUT2D eigenvalue weighted by Gasteiger charge is -2.14. The van der Waals surface area contributed by atoms with Gasteiger partial charge in [0.1, 0.15) is 47.2 Å². The van der Waals surface area contributed by atoms with E-state index in [4.69, 9.17) is 28.9 Å². The van der Waals surface area contributed by atoms with Crippen molar-refractivity contribution in [2.75, 3.05) is 11.1 Å². The number of nitrogen functional groups attached to an aromatic ring is 1. The van der Waals surface area contributed by atoms with E-state index in [9.17, 15) is 70.0 Å². The Morgan fingerprint density at radius 3 is 1.66 bits per heavy atom. The second kappa shape index (κ2) is 15.7. The number of aromatic hydroxyl groups is 1. The lowest BCUT2D eigenvalue weighted by Crippen LogP contribution is -2.04. The molecule has 25 nitrogen and oxygen atoms in total. The van der Waals surface area contributed by atoms with Crippen LogP contribution in [0.3, 0.4) is 0 Å². The van der Waals surface area contributed by atoms with Gasteiger partial charge in [-0.15, -0.1) is 20.5 Å². The van der Waals surface area contributed by atoms with Gasteiger partial charge in [0.25, 0.3) is 50.6 Å². The summed E-state index contributed by atoms with van der Waals surface area (Å²) in [6.45, 7) is 0. The van der Waals surface area contributed by atoms with E-state index in [1.807, 2.05) is 0 Å². The first-order valence-electron chi connectivity index (χ1n) is 15.4. The van der Waals surface area contributed by atoms with Gasteiger partial charge in [-0.2, -0.15) is 57.0 Å². The largest absolute Gasteiger partial charge is 0.505 e. The number of benzene rings is 5. The van der Waals surface area contributed by atoms with Crippen LogP contribution in [0.4, 0.5) is 40.1 Å². The molecule has 1 aromatic heterocycles. The summed E-state index contributed by atoms with van der Waals surface area (Å²) in [5.74, 6) is -1.61. The molecule has 6 rings (SSSR count). The third-order valence-electron chi connectivity index (χ3n) is 7.95. The molecule has 0 aliphatic carbocycles. The van der Waals surface area contributed by atoms with Gasteiger partial charge >= 0.3 is 0 Å². The lowest BCUT2D eigenvalue weighted by atomic mass is 10.1. The standard InChI is InChI=1S/C29H19Cl2N9O16S5/c30-27-34-28(31)36-29(35-27)33-12-4-7-18(58(45,46)47)16(10-12)38-40-24-20(60(51,52)53)9-11-8-19(59(48,49)50)23(22(32)21(11)25(24)41)39-37-15-6-5-13-14(26(15)61(54,55)56)2-1-3-17(13)57(42,43)44/h1-10,41H,32H2,(H,42,43,44)(H,45,46,47)(H,48,49,50)(H,51,52,53)(H,54,55,56)(H,33,34,35,36). The van der Waals surface area contributed by atoms with E-state index in [2.05, 4.69) is 40.7 Å². The fraction of sp³-hybridized carbons (Fsp3) is 0.